The third-order valence-corrected chi connectivity index (χ3v) is 5.11. The normalized spacial score (nSPS) is 12.7. The molecule has 1 rings (SSSR count). The van der Waals surface area contributed by atoms with Gasteiger partial charge in [0.25, 0.3) is 0 Å². The van der Waals surface area contributed by atoms with E-state index in [4.69, 9.17) is 44.3 Å². The van der Waals surface area contributed by atoms with Gasteiger partial charge in [-0.15, -0.1) is 0 Å². The molecule has 0 aromatic heterocycles. The van der Waals surface area contributed by atoms with Crippen LogP contribution in [0.3, 0.4) is 0 Å². The van der Waals surface area contributed by atoms with Gasteiger partial charge in [0.05, 0.1) is 35.6 Å². The summed E-state index contributed by atoms with van der Waals surface area (Å²) in [5.41, 5.74) is 3.62. The van der Waals surface area contributed by atoms with E-state index in [-0.39, 0.29) is 20.6 Å². The monoisotopic (exact) mass is 344 g/mol. The van der Waals surface area contributed by atoms with Crippen LogP contribution >= 0.6 is 23.2 Å². The van der Waals surface area contributed by atoms with Crippen LogP contribution in [0.2, 0.25) is 10.0 Å². The molecule has 0 radical (unpaired) electrons. The lowest BCUT2D eigenvalue weighted by molar-refractivity contribution is 0.0582. The summed E-state index contributed by atoms with van der Waals surface area (Å²) in [4.78, 5) is -0.374. The number of anilines is 1. The number of nitrogens with two attached hydrogens (primary N) is 1. The molecule has 0 unspecified atom stereocenters. The maximum absolute atomic E-state index is 12.2. The molecule has 6 N–H and O–H groups in total. The van der Waals surface area contributed by atoms with E-state index in [9.17, 15) is 8.42 Å². The number of hydrogen-bond donors (Lipinski definition) is 5. The van der Waals surface area contributed by atoms with Gasteiger partial charge in [0.15, 0.2) is 0 Å². The molecule has 0 atom stereocenters. The van der Waals surface area contributed by atoms with Crippen LogP contribution < -0.4 is 10.5 Å². The van der Waals surface area contributed by atoms with Crippen LogP contribution in [0.5, 0.6) is 0 Å². The number of aliphatic hydroxyl groups excluding tert-OH is 3. The molecule has 0 fully saturated rings. The van der Waals surface area contributed by atoms with Gasteiger partial charge in [0.1, 0.15) is 10.4 Å². The van der Waals surface area contributed by atoms with Gasteiger partial charge < -0.3 is 21.1 Å². The van der Waals surface area contributed by atoms with Crippen LogP contribution in [0.1, 0.15) is 0 Å². The predicted octanol–water partition coefficient (Wildman–Crippen LogP) is -0.430. The van der Waals surface area contributed by atoms with E-state index in [1.165, 1.54) is 6.07 Å². The molecule has 0 aliphatic carbocycles. The number of benzene rings is 1. The van der Waals surface area contributed by atoms with Gasteiger partial charge in [-0.3, -0.25) is 0 Å². The molecule has 7 nitrogen and oxygen atoms in total. The van der Waals surface area contributed by atoms with E-state index < -0.39 is 35.4 Å². The Balaban J connectivity index is 3.28. The van der Waals surface area contributed by atoms with Crippen LogP contribution in [-0.2, 0) is 10.0 Å². The minimum Gasteiger partial charge on any atom is -0.396 e. The van der Waals surface area contributed by atoms with Gasteiger partial charge in [-0.05, 0) is 12.1 Å². The lowest BCUT2D eigenvalue weighted by atomic mass is 10.1. The first-order valence-corrected chi connectivity index (χ1v) is 7.57. The Morgan fingerprint density at radius 2 is 1.65 bits per heavy atom. The van der Waals surface area contributed by atoms with Crippen molar-refractivity contribution in [2.45, 2.75) is 10.4 Å². The van der Waals surface area contributed by atoms with Gasteiger partial charge >= 0.3 is 0 Å². The third-order valence-electron chi connectivity index (χ3n) is 2.64. The van der Waals surface area contributed by atoms with Crippen molar-refractivity contribution < 1.29 is 23.7 Å². The van der Waals surface area contributed by atoms with Gasteiger partial charge in [0.2, 0.25) is 10.0 Å². The minimum absolute atomic E-state index is 0.0895. The number of aliphatic hydroxyl groups is 3. The van der Waals surface area contributed by atoms with Crippen molar-refractivity contribution in [2.24, 2.45) is 0 Å². The average Bonchev–Trinajstić information content (AvgIpc) is 2.42. The Morgan fingerprint density at radius 1 is 1.15 bits per heavy atom. The van der Waals surface area contributed by atoms with Crippen molar-refractivity contribution in [1.29, 1.82) is 0 Å². The summed E-state index contributed by atoms with van der Waals surface area (Å²) in [5, 5.41) is 27.2. The quantitative estimate of drug-likeness (QED) is 0.445. The molecule has 10 heteroatoms. The van der Waals surface area contributed by atoms with Crippen molar-refractivity contribution in [1.82, 2.24) is 4.72 Å². The number of sulfonamides is 1. The molecule has 0 saturated carbocycles. The zero-order valence-corrected chi connectivity index (χ0v) is 12.5. The molecule has 0 aliphatic rings. The fourth-order valence-corrected chi connectivity index (χ4v) is 3.49. The van der Waals surface area contributed by atoms with Crippen molar-refractivity contribution in [2.75, 3.05) is 25.6 Å². The fourth-order valence-electron chi connectivity index (χ4n) is 1.34. The highest BCUT2D eigenvalue weighted by molar-refractivity contribution is 7.89. The van der Waals surface area contributed by atoms with Crippen molar-refractivity contribution in [3.05, 3.63) is 22.2 Å². The Hall–Kier alpha value is -0.610. The zero-order valence-electron chi connectivity index (χ0n) is 10.2. The van der Waals surface area contributed by atoms with Crippen LogP contribution in [0.15, 0.2) is 17.0 Å². The molecule has 0 spiro atoms. The van der Waals surface area contributed by atoms with E-state index >= 15 is 0 Å². The van der Waals surface area contributed by atoms with E-state index in [0.29, 0.717) is 0 Å². The van der Waals surface area contributed by atoms with Crippen molar-refractivity contribution >= 4 is 38.9 Å². The highest BCUT2D eigenvalue weighted by Crippen LogP contribution is 2.33. The summed E-state index contributed by atoms with van der Waals surface area (Å²) in [6.07, 6.45) is 0. The fraction of sp³-hybridized carbons (Fsp3) is 0.400. The van der Waals surface area contributed by atoms with Crippen LogP contribution in [0.25, 0.3) is 0 Å². The first-order chi connectivity index (χ1) is 9.23. The maximum Gasteiger partial charge on any atom is 0.242 e. The first-order valence-electron chi connectivity index (χ1n) is 5.33. The Labute approximate surface area is 126 Å². The van der Waals surface area contributed by atoms with E-state index in [2.05, 4.69) is 0 Å². The third kappa shape index (κ3) is 3.34. The smallest absolute Gasteiger partial charge is 0.242 e. The largest absolute Gasteiger partial charge is 0.396 e. The molecule has 0 heterocycles. The molecule has 1 aromatic rings. The zero-order chi connectivity index (χ0) is 15.6. The highest BCUT2D eigenvalue weighted by Gasteiger charge is 2.35. The summed E-state index contributed by atoms with van der Waals surface area (Å²) in [6, 6.07) is 2.37. The Kier molecular flexibility index (Phi) is 5.61. The number of rotatable bonds is 6. The highest BCUT2D eigenvalue weighted by atomic mass is 35.5. The van der Waals surface area contributed by atoms with Gasteiger partial charge in [0, 0.05) is 0 Å². The molecule has 0 aliphatic heterocycles. The molecule has 0 bridgehead atoms. The SMILES string of the molecule is Nc1c(Cl)ccc(S(=O)(=O)NC(CO)(CO)CO)c1Cl. The van der Waals surface area contributed by atoms with Gasteiger partial charge in [-0.2, -0.15) is 4.72 Å². The number of hydrogen-bond acceptors (Lipinski definition) is 6. The lowest BCUT2D eigenvalue weighted by Crippen LogP contribution is -2.56. The van der Waals surface area contributed by atoms with Crippen LogP contribution in [0, 0.1) is 0 Å². The van der Waals surface area contributed by atoms with E-state index in [1.807, 2.05) is 4.72 Å². The molecule has 0 amide bonds. The number of nitrogens with one attached hydrogen (secondary N) is 1. The second-order valence-electron chi connectivity index (χ2n) is 4.13. The Bertz CT molecular complexity index is 581. The van der Waals surface area contributed by atoms with E-state index in [1.54, 1.807) is 0 Å². The molecule has 0 saturated heterocycles. The average molecular weight is 345 g/mol. The predicted molar refractivity (Wildman–Crippen MR) is 75.2 cm³/mol. The number of halogens is 2. The lowest BCUT2D eigenvalue weighted by Gasteiger charge is -2.28. The molecule has 114 valence electrons. The molecule has 20 heavy (non-hydrogen) atoms. The summed E-state index contributed by atoms with van der Waals surface area (Å²) in [6.45, 7) is -2.42. The summed E-state index contributed by atoms with van der Waals surface area (Å²) in [7, 11) is -4.22. The molecule has 1 aromatic carbocycles. The minimum atomic E-state index is -4.22. The topological polar surface area (TPSA) is 133 Å². The van der Waals surface area contributed by atoms with Crippen molar-refractivity contribution in [3.8, 4) is 0 Å². The van der Waals surface area contributed by atoms with Crippen molar-refractivity contribution in [3.63, 3.8) is 0 Å². The second-order valence-corrected chi connectivity index (χ2v) is 6.57. The summed E-state index contributed by atoms with van der Waals surface area (Å²) >= 11 is 11.5. The summed E-state index contributed by atoms with van der Waals surface area (Å²) < 4.78 is 26.4. The summed E-state index contributed by atoms with van der Waals surface area (Å²) in [5.74, 6) is 0. The molecular weight excluding hydrogens is 331 g/mol. The molecular formula is C10H14Cl2N2O5S. The van der Waals surface area contributed by atoms with Gasteiger partial charge in [-0.25, -0.2) is 8.42 Å². The standard InChI is InChI=1S/C10H14Cl2N2O5S/c11-6-1-2-7(8(12)9(6)13)20(18,19)14-10(3-15,4-16)5-17/h1-2,14-17H,3-5,13H2. The van der Waals surface area contributed by atoms with Crippen LogP contribution in [0.4, 0.5) is 5.69 Å². The first kappa shape index (κ1) is 17.4. The van der Waals surface area contributed by atoms with Gasteiger partial charge in [-0.1, -0.05) is 23.2 Å². The number of nitrogen functional groups attached to an aromatic ring is 1. The van der Waals surface area contributed by atoms with E-state index in [0.717, 1.165) is 6.07 Å². The van der Waals surface area contributed by atoms with Crippen LogP contribution in [-0.4, -0.2) is 49.1 Å². The Morgan fingerprint density at radius 3 is 2.10 bits per heavy atom. The maximum atomic E-state index is 12.2. The second kappa shape index (κ2) is 6.44.